The number of nitrogens with one attached hydrogen (secondary N) is 1. The number of aliphatic imine (C=N–C) groups is 1. The van der Waals surface area contributed by atoms with Gasteiger partial charge in [0, 0.05) is 12.8 Å². The molecule has 7 nitrogen and oxygen atoms in total. The summed E-state index contributed by atoms with van der Waals surface area (Å²) in [6.07, 6.45) is 1.34. The predicted molar refractivity (Wildman–Crippen MR) is 109 cm³/mol. The number of aromatic hydroxyl groups is 1. The molecule has 0 amide bonds. The van der Waals surface area contributed by atoms with Crippen molar-refractivity contribution in [1.29, 1.82) is 0 Å². The van der Waals surface area contributed by atoms with Crippen LogP contribution in [0.3, 0.4) is 0 Å². The number of likely N-dealkylation sites (N-methyl/N-ethyl adjacent to an activating group) is 1. The normalized spacial score (nSPS) is 11.6. The van der Waals surface area contributed by atoms with E-state index in [1.165, 1.54) is 6.21 Å². The molecule has 0 atom stereocenters. The second-order valence-electron chi connectivity index (χ2n) is 6.64. The first kappa shape index (κ1) is 20.6. The molecule has 0 saturated carbocycles. The Morgan fingerprint density at radius 3 is 2.30 bits per heavy atom. The summed E-state index contributed by atoms with van der Waals surface area (Å²) in [6, 6.07) is 3.86. The molecule has 1 aromatic heterocycles. The van der Waals surface area contributed by atoms with Crippen LogP contribution in [0.25, 0.3) is 5.69 Å². The molecule has 0 unspecified atom stereocenters. The van der Waals surface area contributed by atoms with Crippen LogP contribution in [0.1, 0.15) is 36.1 Å². The second-order valence-corrected chi connectivity index (χ2v) is 6.64. The molecule has 2 N–H and O–H groups in total. The SMILES string of the molecule is CCN(CC)CCN=Cc1c(O)n(-c2c(C)cc(C)cc2C)c(=O)[nH]c1=O. The van der Waals surface area contributed by atoms with E-state index in [0.29, 0.717) is 12.2 Å². The van der Waals surface area contributed by atoms with Gasteiger partial charge in [-0.25, -0.2) is 9.36 Å². The first-order valence-electron chi connectivity index (χ1n) is 9.18. The van der Waals surface area contributed by atoms with Gasteiger partial charge in [-0.05, 0) is 45.0 Å². The predicted octanol–water partition coefficient (Wildman–Crippen LogP) is 1.92. The van der Waals surface area contributed by atoms with Gasteiger partial charge in [-0.2, -0.15) is 0 Å². The average molecular weight is 372 g/mol. The van der Waals surface area contributed by atoms with Crippen LogP contribution in [0.5, 0.6) is 5.88 Å². The number of aromatic nitrogens is 2. The van der Waals surface area contributed by atoms with Gasteiger partial charge in [-0.1, -0.05) is 31.5 Å². The van der Waals surface area contributed by atoms with E-state index < -0.39 is 17.1 Å². The number of hydrogen-bond acceptors (Lipinski definition) is 5. The minimum absolute atomic E-state index is 0.0199. The topological polar surface area (TPSA) is 90.7 Å². The Morgan fingerprint density at radius 1 is 1.15 bits per heavy atom. The molecule has 7 heteroatoms. The maximum atomic E-state index is 12.4. The Labute approximate surface area is 159 Å². The number of hydrogen-bond donors (Lipinski definition) is 2. The van der Waals surface area contributed by atoms with Crippen molar-refractivity contribution in [1.82, 2.24) is 14.5 Å². The van der Waals surface area contributed by atoms with Gasteiger partial charge in [0.15, 0.2) is 0 Å². The third-order valence-corrected chi connectivity index (χ3v) is 4.64. The molecule has 0 radical (unpaired) electrons. The smallest absolute Gasteiger partial charge is 0.335 e. The van der Waals surface area contributed by atoms with Gasteiger partial charge in [0.25, 0.3) is 5.56 Å². The van der Waals surface area contributed by atoms with E-state index in [2.05, 4.69) is 28.7 Å². The highest BCUT2D eigenvalue weighted by molar-refractivity contribution is 5.82. The van der Waals surface area contributed by atoms with Gasteiger partial charge in [0.2, 0.25) is 5.88 Å². The lowest BCUT2D eigenvalue weighted by atomic mass is 10.0. The summed E-state index contributed by atoms with van der Waals surface area (Å²) in [6.45, 7) is 13.0. The molecule has 0 aliphatic carbocycles. The van der Waals surface area contributed by atoms with Crippen LogP contribution in [0.15, 0.2) is 26.7 Å². The number of H-pyrrole nitrogens is 1. The number of rotatable bonds is 7. The van der Waals surface area contributed by atoms with E-state index in [1.54, 1.807) is 0 Å². The van der Waals surface area contributed by atoms with E-state index in [-0.39, 0.29) is 5.56 Å². The maximum Gasteiger partial charge on any atom is 0.335 e. The fourth-order valence-electron chi connectivity index (χ4n) is 3.28. The second kappa shape index (κ2) is 8.81. The third kappa shape index (κ3) is 4.54. The molecule has 1 aromatic carbocycles. The minimum atomic E-state index is -0.673. The average Bonchev–Trinajstić information content (AvgIpc) is 2.59. The number of nitrogens with zero attached hydrogens (tertiary/aromatic N) is 3. The third-order valence-electron chi connectivity index (χ3n) is 4.64. The quantitative estimate of drug-likeness (QED) is 0.727. The maximum absolute atomic E-state index is 12.4. The number of aryl methyl sites for hydroxylation is 3. The first-order valence-corrected chi connectivity index (χ1v) is 9.18. The van der Waals surface area contributed by atoms with E-state index in [9.17, 15) is 14.7 Å². The highest BCUT2D eigenvalue weighted by atomic mass is 16.3. The van der Waals surface area contributed by atoms with Gasteiger partial charge in [-0.3, -0.25) is 14.8 Å². The van der Waals surface area contributed by atoms with Crippen molar-refractivity contribution in [2.75, 3.05) is 26.2 Å². The summed E-state index contributed by atoms with van der Waals surface area (Å²) < 4.78 is 1.14. The van der Waals surface area contributed by atoms with Gasteiger partial charge in [0.05, 0.1) is 12.2 Å². The molecule has 146 valence electrons. The molecule has 0 aliphatic heterocycles. The zero-order chi connectivity index (χ0) is 20.1. The Morgan fingerprint density at radius 2 is 1.74 bits per heavy atom. The molecule has 0 bridgehead atoms. The van der Waals surface area contributed by atoms with Gasteiger partial charge >= 0.3 is 5.69 Å². The molecule has 2 aromatic rings. The number of benzene rings is 1. The fourth-order valence-corrected chi connectivity index (χ4v) is 3.28. The Hall–Kier alpha value is -2.67. The summed E-state index contributed by atoms with van der Waals surface area (Å²) in [7, 11) is 0. The van der Waals surface area contributed by atoms with Crippen LogP contribution in [0.2, 0.25) is 0 Å². The summed E-state index contributed by atoms with van der Waals surface area (Å²) in [5, 5.41) is 10.7. The fraction of sp³-hybridized carbons (Fsp3) is 0.450. The lowest BCUT2D eigenvalue weighted by molar-refractivity contribution is 0.313. The van der Waals surface area contributed by atoms with Crippen LogP contribution in [-0.2, 0) is 0 Å². The number of aromatic amines is 1. The van der Waals surface area contributed by atoms with Crippen LogP contribution in [-0.4, -0.2) is 52.0 Å². The molecular weight excluding hydrogens is 344 g/mol. The van der Waals surface area contributed by atoms with Crippen molar-refractivity contribution in [3.63, 3.8) is 0 Å². The zero-order valence-corrected chi connectivity index (χ0v) is 16.7. The van der Waals surface area contributed by atoms with Gasteiger partial charge < -0.3 is 10.0 Å². The van der Waals surface area contributed by atoms with Crippen LogP contribution < -0.4 is 11.2 Å². The molecule has 27 heavy (non-hydrogen) atoms. The highest BCUT2D eigenvalue weighted by Crippen LogP contribution is 2.23. The first-order chi connectivity index (χ1) is 12.8. The zero-order valence-electron chi connectivity index (χ0n) is 16.7. The molecule has 0 saturated heterocycles. The van der Waals surface area contributed by atoms with Crippen molar-refractivity contribution < 1.29 is 5.11 Å². The van der Waals surface area contributed by atoms with E-state index in [4.69, 9.17) is 0 Å². The standard InChI is InChI=1S/C20H28N4O3/c1-6-23(7-2)9-8-21-12-16-18(25)22-20(27)24(19(16)26)17-14(4)10-13(3)11-15(17)5/h10-12,26H,6-9H2,1-5H3,(H,22,25,27). The van der Waals surface area contributed by atoms with Crippen LogP contribution in [0.4, 0.5) is 0 Å². The highest BCUT2D eigenvalue weighted by Gasteiger charge is 2.17. The Bertz CT molecular complexity index is 930. The monoisotopic (exact) mass is 372 g/mol. The molecule has 2 rings (SSSR count). The van der Waals surface area contributed by atoms with E-state index in [0.717, 1.165) is 40.9 Å². The lowest BCUT2D eigenvalue weighted by Gasteiger charge is -2.16. The summed E-state index contributed by atoms with van der Waals surface area (Å²) in [5.74, 6) is -0.398. The molecule has 1 heterocycles. The largest absolute Gasteiger partial charge is 0.493 e. The van der Waals surface area contributed by atoms with Crippen molar-refractivity contribution in [2.45, 2.75) is 34.6 Å². The Balaban J connectivity index is 2.47. The molecular formula is C20H28N4O3. The van der Waals surface area contributed by atoms with Crippen LogP contribution in [0, 0.1) is 20.8 Å². The van der Waals surface area contributed by atoms with Crippen molar-refractivity contribution in [3.05, 3.63) is 55.2 Å². The molecule has 0 aliphatic rings. The van der Waals surface area contributed by atoms with E-state index >= 15 is 0 Å². The minimum Gasteiger partial charge on any atom is -0.493 e. The van der Waals surface area contributed by atoms with Crippen LogP contribution >= 0.6 is 0 Å². The summed E-state index contributed by atoms with van der Waals surface area (Å²) in [4.78, 5) is 33.3. The van der Waals surface area contributed by atoms with Crippen molar-refractivity contribution in [3.8, 4) is 11.6 Å². The van der Waals surface area contributed by atoms with Crippen molar-refractivity contribution >= 4 is 6.21 Å². The van der Waals surface area contributed by atoms with Gasteiger partial charge in [0.1, 0.15) is 5.56 Å². The lowest BCUT2D eigenvalue weighted by Crippen LogP contribution is -2.32. The molecule has 0 fully saturated rings. The van der Waals surface area contributed by atoms with Crippen molar-refractivity contribution in [2.24, 2.45) is 4.99 Å². The van der Waals surface area contributed by atoms with Gasteiger partial charge in [-0.15, -0.1) is 0 Å². The Kier molecular flexibility index (Phi) is 6.74. The molecule has 0 spiro atoms. The van der Waals surface area contributed by atoms with E-state index in [1.807, 2.05) is 32.9 Å². The summed E-state index contributed by atoms with van der Waals surface area (Å²) >= 11 is 0. The summed E-state index contributed by atoms with van der Waals surface area (Å²) in [5.41, 5.74) is 1.95.